The molecular formula is C18H18F3N3O4. The van der Waals surface area contributed by atoms with Crippen molar-refractivity contribution in [3.63, 3.8) is 0 Å². The van der Waals surface area contributed by atoms with Crippen LogP contribution in [0.3, 0.4) is 0 Å². The highest BCUT2D eigenvalue weighted by Crippen LogP contribution is 2.25. The van der Waals surface area contributed by atoms with Crippen molar-refractivity contribution in [3.05, 3.63) is 64.1 Å². The second-order valence-corrected chi connectivity index (χ2v) is 5.81. The third-order valence-electron chi connectivity index (χ3n) is 3.62. The summed E-state index contributed by atoms with van der Waals surface area (Å²) >= 11 is 0. The molecular weight excluding hydrogens is 379 g/mol. The normalized spacial score (nSPS) is 11.1. The number of hydrogen-bond acceptors (Lipinski definition) is 4. The number of pyridine rings is 1. The van der Waals surface area contributed by atoms with E-state index in [0.29, 0.717) is 21.9 Å². The lowest BCUT2D eigenvalue weighted by molar-refractivity contribution is -0.139. The highest BCUT2D eigenvalue weighted by atomic mass is 19.4. The van der Waals surface area contributed by atoms with Gasteiger partial charge in [-0.1, -0.05) is 12.1 Å². The molecule has 1 heterocycles. The molecule has 2 N–H and O–H groups in total. The molecule has 10 heteroatoms. The molecule has 0 fully saturated rings. The Labute approximate surface area is 158 Å². The minimum absolute atomic E-state index is 0.0700. The van der Waals surface area contributed by atoms with Gasteiger partial charge in [-0.15, -0.1) is 0 Å². The number of methoxy groups -OCH3 is 1. The van der Waals surface area contributed by atoms with E-state index in [4.69, 9.17) is 4.74 Å². The zero-order chi connectivity index (χ0) is 20.7. The Hall–Kier alpha value is -3.14. The van der Waals surface area contributed by atoms with Crippen LogP contribution in [0.5, 0.6) is 0 Å². The van der Waals surface area contributed by atoms with E-state index in [9.17, 15) is 27.6 Å². The average Bonchev–Trinajstić information content (AvgIpc) is 2.61. The number of rotatable bonds is 7. The molecule has 0 saturated carbocycles. The Bertz CT molecular complexity index is 909. The monoisotopic (exact) mass is 397 g/mol. The number of benzene rings is 1. The number of halogens is 3. The molecule has 2 amide bonds. The fourth-order valence-electron chi connectivity index (χ4n) is 2.38. The quantitative estimate of drug-likeness (QED) is 0.745. The lowest BCUT2D eigenvalue weighted by Crippen LogP contribution is -2.34. The van der Waals surface area contributed by atoms with Crippen LogP contribution >= 0.6 is 0 Å². The molecule has 0 spiro atoms. The molecule has 150 valence electrons. The number of aromatic nitrogens is 1. The van der Waals surface area contributed by atoms with Crippen molar-refractivity contribution in [1.82, 2.24) is 9.88 Å². The molecule has 0 aliphatic rings. The maximum Gasteiger partial charge on any atom is 0.421 e. The third kappa shape index (κ3) is 5.95. The topological polar surface area (TPSA) is 89.4 Å². The van der Waals surface area contributed by atoms with Crippen LogP contribution in [-0.2, 0) is 33.6 Å². The molecule has 0 unspecified atom stereocenters. The van der Waals surface area contributed by atoms with E-state index in [1.165, 1.54) is 7.11 Å². The van der Waals surface area contributed by atoms with Gasteiger partial charge in [-0.2, -0.15) is 13.2 Å². The summed E-state index contributed by atoms with van der Waals surface area (Å²) in [5.41, 5.74) is -1.46. The van der Waals surface area contributed by atoms with Gasteiger partial charge in [0.25, 0.3) is 5.56 Å². The van der Waals surface area contributed by atoms with E-state index in [-0.39, 0.29) is 19.1 Å². The molecule has 2 rings (SSSR count). The smallest absolute Gasteiger partial charge is 0.375 e. The van der Waals surface area contributed by atoms with Gasteiger partial charge < -0.3 is 19.9 Å². The number of anilines is 1. The largest absolute Gasteiger partial charge is 0.421 e. The van der Waals surface area contributed by atoms with Crippen LogP contribution in [0.4, 0.5) is 18.9 Å². The lowest BCUT2D eigenvalue weighted by Gasteiger charge is -2.11. The lowest BCUT2D eigenvalue weighted by atomic mass is 10.2. The van der Waals surface area contributed by atoms with Crippen LogP contribution in [0, 0.1) is 0 Å². The first-order chi connectivity index (χ1) is 13.2. The maximum absolute atomic E-state index is 12.8. The number of ether oxygens (including phenoxy) is 1. The predicted molar refractivity (Wildman–Crippen MR) is 94.5 cm³/mol. The average molecular weight is 397 g/mol. The number of alkyl halides is 3. The van der Waals surface area contributed by atoms with E-state index in [1.807, 2.05) is 0 Å². The van der Waals surface area contributed by atoms with Crippen molar-refractivity contribution in [2.45, 2.75) is 19.3 Å². The molecule has 0 saturated heterocycles. The Kier molecular flexibility index (Phi) is 6.94. The van der Waals surface area contributed by atoms with Crippen molar-refractivity contribution in [2.24, 2.45) is 0 Å². The summed E-state index contributed by atoms with van der Waals surface area (Å²) in [5, 5.41) is 5.13. The first kappa shape index (κ1) is 21.2. The SMILES string of the molecule is COCC(=O)Nc1cccc(CNC(=O)Cn2cccc(C(F)(F)F)c2=O)c1. The third-order valence-corrected chi connectivity index (χ3v) is 3.62. The standard InChI is InChI=1S/C18H18F3N3O4/c1-28-11-16(26)23-13-5-2-4-12(8-13)9-22-15(25)10-24-7-3-6-14(17(24)27)18(19,20)21/h2-8H,9-11H2,1H3,(H,22,25)(H,23,26). The molecule has 7 nitrogen and oxygen atoms in total. The van der Waals surface area contributed by atoms with E-state index in [0.717, 1.165) is 12.3 Å². The highest BCUT2D eigenvalue weighted by Gasteiger charge is 2.34. The Morgan fingerprint density at radius 1 is 1.14 bits per heavy atom. The zero-order valence-corrected chi connectivity index (χ0v) is 14.9. The van der Waals surface area contributed by atoms with Gasteiger partial charge in [-0.25, -0.2) is 0 Å². The van der Waals surface area contributed by atoms with Gasteiger partial charge in [-0.3, -0.25) is 14.4 Å². The van der Waals surface area contributed by atoms with Crippen molar-refractivity contribution >= 4 is 17.5 Å². The van der Waals surface area contributed by atoms with E-state index in [2.05, 4.69) is 10.6 Å². The second-order valence-electron chi connectivity index (χ2n) is 5.81. The number of carbonyl (C=O) groups is 2. The van der Waals surface area contributed by atoms with Gasteiger partial charge in [0.1, 0.15) is 18.7 Å². The zero-order valence-electron chi connectivity index (χ0n) is 14.9. The van der Waals surface area contributed by atoms with Crippen molar-refractivity contribution in [1.29, 1.82) is 0 Å². The maximum atomic E-state index is 12.8. The van der Waals surface area contributed by atoms with Gasteiger partial charge in [0.05, 0.1) is 0 Å². The number of nitrogens with zero attached hydrogens (tertiary/aromatic N) is 1. The van der Waals surface area contributed by atoms with Gasteiger partial charge >= 0.3 is 6.18 Å². The molecule has 0 aliphatic heterocycles. The number of carbonyl (C=O) groups excluding carboxylic acids is 2. The minimum Gasteiger partial charge on any atom is -0.375 e. The Balaban J connectivity index is 1.98. The van der Waals surface area contributed by atoms with E-state index >= 15 is 0 Å². The molecule has 0 aliphatic carbocycles. The molecule has 1 aromatic carbocycles. The number of hydrogen-bond donors (Lipinski definition) is 2. The van der Waals surface area contributed by atoms with E-state index < -0.39 is 29.8 Å². The van der Waals surface area contributed by atoms with Gasteiger partial charge in [-0.05, 0) is 29.8 Å². The van der Waals surface area contributed by atoms with Crippen LogP contribution in [0.2, 0.25) is 0 Å². The van der Waals surface area contributed by atoms with Crippen LogP contribution in [-0.4, -0.2) is 30.1 Å². The van der Waals surface area contributed by atoms with Crippen molar-refractivity contribution < 1.29 is 27.5 Å². The summed E-state index contributed by atoms with van der Waals surface area (Å²) in [4.78, 5) is 35.4. The van der Waals surface area contributed by atoms with Crippen molar-refractivity contribution in [3.8, 4) is 0 Å². The van der Waals surface area contributed by atoms with Gasteiger partial charge in [0, 0.05) is 25.5 Å². The van der Waals surface area contributed by atoms with E-state index in [1.54, 1.807) is 24.3 Å². The second kappa shape index (κ2) is 9.18. The summed E-state index contributed by atoms with van der Waals surface area (Å²) < 4.78 is 43.7. The number of nitrogens with one attached hydrogen (secondary N) is 2. The number of amides is 2. The minimum atomic E-state index is -4.79. The molecule has 0 atom stereocenters. The Morgan fingerprint density at radius 3 is 2.57 bits per heavy atom. The first-order valence-electron chi connectivity index (χ1n) is 8.12. The van der Waals surface area contributed by atoms with Crippen LogP contribution in [0.1, 0.15) is 11.1 Å². The first-order valence-corrected chi connectivity index (χ1v) is 8.12. The molecule has 0 radical (unpaired) electrons. The van der Waals surface area contributed by atoms with Crippen LogP contribution in [0.25, 0.3) is 0 Å². The predicted octanol–water partition coefficient (Wildman–Crippen LogP) is 1.77. The molecule has 28 heavy (non-hydrogen) atoms. The van der Waals surface area contributed by atoms with Gasteiger partial charge in [0.2, 0.25) is 11.8 Å². The Morgan fingerprint density at radius 2 is 1.89 bits per heavy atom. The van der Waals surface area contributed by atoms with Crippen LogP contribution in [0.15, 0.2) is 47.4 Å². The summed E-state index contributed by atoms with van der Waals surface area (Å²) in [6, 6.07) is 8.37. The molecule has 0 bridgehead atoms. The fraction of sp³-hybridized carbons (Fsp3) is 0.278. The fourth-order valence-corrected chi connectivity index (χ4v) is 2.38. The van der Waals surface area contributed by atoms with Crippen molar-refractivity contribution in [2.75, 3.05) is 19.0 Å². The summed E-state index contributed by atoms with van der Waals surface area (Å²) in [6.07, 6.45) is -3.67. The summed E-state index contributed by atoms with van der Waals surface area (Å²) in [7, 11) is 1.39. The molecule has 2 aromatic rings. The highest BCUT2D eigenvalue weighted by molar-refractivity contribution is 5.91. The van der Waals surface area contributed by atoms with Crippen LogP contribution < -0.4 is 16.2 Å². The van der Waals surface area contributed by atoms with Gasteiger partial charge in [0.15, 0.2) is 0 Å². The summed E-state index contributed by atoms with van der Waals surface area (Å²) in [5.74, 6) is -0.970. The summed E-state index contributed by atoms with van der Waals surface area (Å²) in [6.45, 7) is -0.583. The molecule has 1 aromatic heterocycles.